The van der Waals surface area contributed by atoms with E-state index in [1.165, 1.54) is 11.1 Å². The van der Waals surface area contributed by atoms with E-state index in [0.717, 1.165) is 23.0 Å². The Balaban J connectivity index is 2.08. The van der Waals surface area contributed by atoms with E-state index in [9.17, 15) is 0 Å². The number of hydrogen-bond acceptors (Lipinski definition) is 2. The Morgan fingerprint density at radius 1 is 1.11 bits per heavy atom. The molecule has 2 aromatic rings. The molecule has 3 heteroatoms. The maximum Gasteiger partial charge on any atom is 0.122 e. The van der Waals surface area contributed by atoms with E-state index in [0.29, 0.717) is 0 Å². The highest BCUT2D eigenvalue weighted by molar-refractivity contribution is 6.30. The van der Waals surface area contributed by atoms with Crippen molar-refractivity contribution in [1.29, 1.82) is 0 Å². The molecule has 1 N–H and O–H groups in total. The van der Waals surface area contributed by atoms with Gasteiger partial charge in [0, 0.05) is 17.3 Å². The van der Waals surface area contributed by atoms with Gasteiger partial charge in [0.25, 0.3) is 0 Å². The maximum atomic E-state index is 5.85. The fraction of sp³-hybridized carbons (Fsp3) is 0.200. The minimum absolute atomic E-state index is 0.748. The zero-order valence-corrected chi connectivity index (χ0v) is 11.3. The van der Waals surface area contributed by atoms with Gasteiger partial charge in [-0.05, 0) is 48.4 Å². The highest BCUT2D eigenvalue weighted by Crippen LogP contribution is 2.22. The first kappa shape index (κ1) is 12.8. The van der Waals surface area contributed by atoms with Crippen molar-refractivity contribution in [3.63, 3.8) is 0 Å². The number of benzene rings is 2. The number of anilines is 1. The van der Waals surface area contributed by atoms with Crippen LogP contribution in [0.15, 0.2) is 42.5 Å². The van der Waals surface area contributed by atoms with E-state index >= 15 is 0 Å². The molecule has 2 aromatic carbocycles. The van der Waals surface area contributed by atoms with Gasteiger partial charge in [-0.2, -0.15) is 0 Å². The Labute approximate surface area is 113 Å². The second-order valence-corrected chi connectivity index (χ2v) is 4.54. The third-order valence-electron chi connectivity index (χ3n) is 2.94. The average molecular weight is 262 g/mol. The van der Waals surface area contributed by atoms with Crippen LogP contribution in [0.5, 0.6) is 5.75 Å². The quantitative estimate of drug-likeness (QED) is 0.888. The van der Waals surface area contributed by atoms with Crippen LogP contribution < -0.4 is 10.1 Å². The average Bonchev–Trinajstić information content (AvgIpc) is 2.39. The van der Waals surface area contributed by atoms with Gasteiger partial charge in [-0.15, -0.1) is 0 Å². The summed E-state index contributed by atoms with van der Waals surface area (Å²) in [7, 11) is 1.69. The normalized spacial score (nSPS) is 10.2. The summed E-state index contributed by atoms with van der Waals surface area (Å²) in [6.07, 6.45) is 0. The van der Waals surface area contributed by atoms with Crippen molar-refractivity contribution < 1.29 is 4.74 Å². The molecular weight excluding hydrogens is 246 g/mol. The summed E-state index contributed by atoms with van der Waals surface area (Å²) in [5.41, 5.74) is 3.45. The lowest BCUT2D eigenvalue weighted by molar-refractivity contribution is 0.411. The van der Waals surface area contributed by atoms with Gasteiger partial charge < -0.3 is 10.1 Å². The fourth-order valence-electron chi connectivity index (χ4n) is 1.84. The van der Waals surface area contributed by atoms with Crippen LogP contribution in [-0.2, 0) is 6.54 Å². The summed E-state index contributed by atoms with van der Waals surface area (Å²) in [6.45, 7) is 2.84. The molecule has 18 heavy (non-hydrogen) atoms. The molecule has 0 bridgehead atoms. The standard InChI is InChI=1S/C15H16ClNO/c1-11-12(4-3-5-15(11)18-2)10-17-14-8-6-13(16)7-9-14/h3-9,17H,10H2,1-2H3. The Kier molecular flexibility index (Phi) is 4.11. The molecule has 0 aliphatic carbocycles. The minimum Gasteiger partial charge on any atom is -0.496 e. The second-order valence-electron chi connectivity index (χ2n) is 4.10. The van der Waals surface area contributed by atoms with Crippen molar-refractivity contribution in [3.05, 3.63) is 58.6 Å². The molecule has 0 saturated heterocycles. The van der Waals surface area contributed by atoms with Crippen LogP contribution in [0.4, 0.5) is 5.69 Å². The molecule has 0 spiro atoms. The zero-order valence-electron chi connectivity index (χ0n) is 10.5. The lowest BCUT2D eigenvalue weighted by atomic mass is 10.1. The van der Waals surface area contributed by atoms with Gasteiger partial charge in [0.05, 0.1) is 7.11 Å². The first-order chi connectivity index (χ1) is 8.70. The molecule has 94 valence electrons. The second kappa shape index (κ2) is 5.78. The molecule has 0 amide bonds. The molecule has 0 aromatic heterocycles. The fourth-order valence-corrected chi connectivity index (χ4v) is 1.96. The Morgan fingerprint density at radius 2 is 1.83 bits per heavy atom. The summed E-state index contributed by atoms with van der Waals surface area (Å²) in [5, 5.41) is 4.11. The number of halogens is 1. The van der Waals surface area contributed by atoms with E-state index in [1.54, 1.807) is 7.11 Å². The third kappa shape index (κ3) is 2.96. The number of hydrogen-bond donors (Lipinski definition) is 1. The maximum absolute atomic E-state index is 5.85. The Hall–Kier alpha value is -1.67. The Bertz CT molecular complexity index is 523. The highest BCUT2D eigenvalue weighted by atomic mass is 35.5. The van der Waals surface area contributed by atoms with Gasteiger partial charge in [-0.25, -0.2) is 0 Å². The van der Waals surface area contributed by atoms with E-state index in [2.05, 4.69) is 18.3 Å². The zero-order chi connectivity index (χ0) is 13.0. The lowest BCUT2D eigenvalue weighted by Gasteiger charge is -2.12. The first-order valence-electron chi connectivity index (χ1n) is 5.82. The van der Waals surface area contributed by atoms with Gasteiger partial charge in [0.15, 0.2) is 0 Å². The van der Waals surface area contributed by atoms with Crippen molar-refractivity contribution >= 4 is 17.3 Å². The molecule has 0 aliphatic heterocycles. The van der Waals surface area contributed by atoms with Crippen LogP contribution in [-0.4, -0.2) is 7.11 Å². The predicted octanol–water partition coefficient (Wildman–Crippen LogP) is 4.27. The summed E-state index contributed by atoms with van der Waals surface area (Å²) in [6, 6.07) is 13.8. The largest absolute Gasteiger partial charge is 0.496 e. The smallest absolute Gasteiger partial charge is 0.122 e. The monoisotopic (exact) mass is 261 g/mol. The number of rotatable bonds is 4. The van der Waals surface area contributed by atoms with Crippen molar-refractivity contribution in [1.82, 2.24) is 0 Å². The summed E-state index contributed by atoms with van der Waals surface area (Å²) < 4.78 is 5.31. The summed E-state index contributed by atoms with van der Waals surface area (Å²) in [4.78, 5) is 0. The van der Waals surface area contributed by atoms with E-state index < -0.39 is 0 Å². The number of nitrogens with one attached hydrogen (secondary N) is 1. The van der Waals surface area contributed by atoms with Crippen LogP contribution >= 0.6 is 11.6 Å². The van der Waals surface area contributed by atoms with Crippen molar-refractivity contribution in [2.45, 2.75) is 13.5 Å². The van der Waals surface area contributed by atoms with Crippen LogP contribution in [0.3, 0.4) is 0 Å². The third-order valence-corrected chi connectivity index (χ3v) is 3.20. The van der Waals surface area contributed by atoms with Gasteiger partial charge in [0.1, 0.15) is 5.75 Å². The van der Waals surface area contributed by atoms with Crippen LogP contribution in [0.25, 0.3) is 0 Å². The van der Waals surface area contributed by atoms with E-state index in [4.69, 9.17) is 16.3 Å². The molecule has 0 fully saturated rings. The van der Waals surface area contributed by atoms with Crippen molar-refractivity contribution in [2.75, 3.05) is 12.4 Å². The highest BCUT2D eigenvalue weighted by Gasteiger charge is 2.03. The first-order valence-corrected chi connectivity index (χ1v) is 6.20. The van der Waals surface area contributed by atoms with Gasteiger partial charge in [-0.3, -0.25) is 0 Å². The summed E-state index contributed by atoms with van der Waals surface area (Å²) >= 11 is 5.85. The number of ether oxygens (including phenoxy) is 1. The molecule has 0 atom stereocenters. The van der Waals surface area contributed by atoms with Crippen LogP contribution in [0.1, 0.15) is 11.1 Å². The minimum atomic E-state index is 0.748. The molecular formula is C15H16ClNO. The molecule has 2 nitrogen and oxygen atoms in total. The lowest BCUT2D eigenvalue weighted by Crippen LogP contribution is -2.02. The van der Waals surface area contributed by atoms with Crippen LogP contribution in [0, 0.1) is 6.92 Å². The van der Waals surface area contributed by atoms with E-state index in [1.807, 2.05) is 36.4 Å². The van der Waals surface area contributed by atoms with Gasteiger partial charge >= 0.3 is 0 Å². The molecule has 0 radical (unpaired) electrons. The predicted molar refractivity (Wildman–Crippen MR) is 76.5 cm³/mol. The van der Waals surface area contributed by atoms with Crippen LogP contribution in [0.2, 0.25) is 5.02 Å². The number of methoxy groups -OCH3 is 1. The topological polar surface area (TPSA) is 21.3 Å². The molecule has 0 unspecified atom stereocenters. The van der Waals surface area contributed by atoms with Crippen molar-refractivity contribution in [2.24, 2.45) is 0 Å². The molecule has 2 rings (SSSR count). The summed E-state index contributed by atoms with van der Waals surface area (Å²) in [5.74, 6) is 0.922. The van der Waals surface area contributed by atoms with Gasteiger partial charge in [-0.1, -0.05) is 23.7 Å². The molecule has 0 saturated carbocycles. The van der Waals surface area contributed by atoms with Crippen molar-refractivity contribution in [3.8, 4) is 5.75 Å². The Morgan fingerprint density at radius 3 is 2.50 bits per heavy atom. The molecule has 0 aliphatic rings. The molecule has 0 heterocycles. The van der Waals surface area contributed by atoms with E-state index in [-0.39, 0.29) is 0 Å². The SMILES string of the molecule is COc1cccc(CNc2ccc(Cl)cc2)c1C. The van der Waals surface area contributed by atoms with Gasteiger partial charge in [0.2, 0.25) is 0 Å².